The molecule has 0 saturated heterocycles. The van der Waals surface area contributed by atoms with Crippen LogP contribution in [-0.4, -0.2) is 51.5 Å². The lowest BCUT2D eigenvalue weighted by Gasteiger charge is -2.57. The van der Waals surface area contributed by atoms with Crippen LogP contribution in [0.2, 0.25) is 0 Å². The molecule has 2 aliphatic carbocycles. The van der Waals surface area contributed by atoms with E-state index in [0.717, 1.165) is 25.7 Å². The highest BCUT2D eigenvalue weighted by Crippen LogP contribution is 2.56. The molecule has 0 atom stereocenters. The fourth-order valence-corrected chi connectivity index (χ4v) is 5.60. The molecule has 1 spiro atoms. The summed E-state index contributed by atoms with van der Waals surface area (Å²) in [7, 11) is 0. The first kappa shape index (κ1) is 28.2. The number of ether oxygens (including phenoxy) is 2. The molecule has 2 aromatic heterocycles. The highest BCUT2D eigenvalue weighted by atomic mass is 19.4. The summed E-state index contributed by atoms with van der Waals surface area (Å²) in [4.78, 5) is 29.0. The highest BCUT2D eigenvalue weighted by Gasteiger charge is 2.54. The molecule has 10 nitrogen and oxygen atoms in total. The maximum absolute atomic E-state index is 13.3. The van der Waals surface area contributed by atoms with Gasteiger partial charge in [-0.1, -0.05) is 0 Å². The van der Waals surface area contributed by atoms with Gasteiger partial charge < -0.3 is 20.5 Å². The highest BCUT2D eigenvalue weighted by molar-refractivity contribution is 6.05. The quantitative estimate of drug-likeness (QED) is 0.391. The molecule has 2 heterocycles. The molecular formula is C28H29F3N6O4. The van der Waals surface area contributed by atoms with Crippen molar-refractivity contribution >= 4 is 22.7 Å². The number of nitriles is 1. The van der Waals surface area contributed by atoms with E-state index in [1.165, 1.54) is 23.0 Å². The predicted octanol–water partition coefficient (Wildman–Crippen LogP) is 4.24. The number of primary amides is 1. The second-order valence-corrected chi connectivity index (χ2v) is 11.3. The average Bonchev–Trinajstić information content (AvgIpc) is 3.25. The normalized spacial score (nSPS) is 22.0. The summed E-state index contributed by atoms with van der Waals surface area (Å²) in [5, 5.41) is 17.6. The van der Waals surface area contributed by atoms with Gasteiger partial charge in [0.15, 0.2) is 5.69 Å². The number of hydrogen-bond donors (Lipinski definition) is 2. The summed E-state index contributed by atoms with van der Waals surface area (Å²) in [6.45, 7) is 2.70. The van der Waals surface area contributed by atoms with Gasteiger partial charge in [-0.15, -0.1) is 0 Å². The van der Waals surface area contributed by atoms with Gasteiger partial charge >= 0.3 is 6.18 Å². The van der Waals surface area contributed by atoms with Crippen molar-refractivity contribution in [3.8, 4) is 17.7 Å². The number of nitrogens with one attached hydrogen (secondary N) is 1. The van der Waals surface area contributed by atoms with Gasteiger partial charge in [0.1, 0.15) is 23.0 Å². The maximum Gasteiger partial charge on any atom is 0.392 e. The van der Waals surface area contributed by atoms with E-state index in [1.54, 1.807) is 32.0 Å². The van der Waals surface area contributed by atoms with Crippen molar-refractivity contribution in [2.45, 2.75) is 69.8 Å². The van der Waals surface area contributed by atoms with Gasteiger partial charge in [-0.05, 0) is 69.2 Å². The van der Waals surface area contributed by atoms with Crippen LogP contribution in [-0.2, 0) is 5.54 Å². The van der Waals surface area contributed by atoms with Crippen molar-refractivity contribution in [2.75, 3.05) is 6.61 Å². The van der Waals surface area contributed by atoms with Gasteiger partial charge in [-0.3, -0.25) is 9.59 Å². The third-order valence-electron chi connectivity index (χ3n) is 7.66. The maximum atomic E-state index is 13.3. The average molecular weight is 571 g/mol. The van der Waals surface area contributed by atoms with E-state index in [1.807, 2.05) is 0 Å². The number of carbonyl (C=O) groups excluding carboxylic acids is 2. The molecule has 5 rings (SSSR count). The Morgan fingerprint density at radius 2 is 1.95 bits per heavy atom. The van der Waals surface area contributed by atoms with E-state index in [4.69, 9.17) is 15.2 Å². The van der Waals surface area contributed by atoms with Gasteiger partial charge in [0.25, 0.3) is 11.8 Å². The summed E-state index contributed by atoms with van der Waals surface area (Å²) in [6.07, 6.45) is -0.976. The molecule has 0 radical (unpaired) electrons. The lowest BCUT2D eigenvalue weighted by Crippen LogP contribution is -2.58. The number of aromatic nitrogens is 3. The van der Waals surface area contributed by atoms with E-state index in [0.29, 0.717) is 10.9 Å². The van der Waals surface area contributed by atoms with Crippen molar-refractivity contribution in [1.29, 1.82) is 5.26 Å². The van der Waals surface area contributed by atoms with Gasteiger partial charge in [0.05, 0.1) is 24.6 Å². The van der Waals surface area contributed by atoms with Crippen LogP contribution in [0.1, 0.15) is 66.8 Å². The molecule has 1 aromatic carbocycles. The summed E-state index contributed by atoms with van der Waals surface area (Å²) >= 11 is 0. The van der Waals surface area contributed by atoms with Crippen LogP contribution < -0.4 is 20.5 Å². The van der Waals surface area contributed by atoms with E-state index in [2.05, 4.69) is 21.5 Å². The number of amides is 2. The minimum atomic E-state index is -4.35. The van der Waals surface area contributed by atoms with Crippen LogP contribution in [0, 0.1) is 16.7 Å². The first-order valence-corrected chi connectivity index (χ1v) is 13.2. The molecule has 0 bridgehead atoms. The molecule has 2 aliphatic rings. The number of fused-ring (bicyclic) bond motifs is 1. The number of nitrogens with two attached hydrogens (primary N) is 1. The Morgan fingerprint density at radius 3 is 2.61 bits per heavy atom. The summed E-state index contributed by atoms with van der Waals surface area (Å²) in [6, 6.07) is 9.80. The minimum absolute atomic E-state index is 0.0389. The largest absolute Gasteiger partial charge is 0.493 e. The van der Waals surface area contributed by atoms with Crippen molar-refractivity contribution in [1.82, 2.24) is 20.1 Å². The molecule has 0 unspecified atom stereocenters. The molecule has 2 amide bonds. The van der Waals surface area contributed by atoms with Crippen LogP contribution in [0.5, 0.6) is 11.6 Å². The molecule has 41 heavy (non-hydrogen) atoms. The Hall–Kier alpha value is -4.34. The van der Waals surface area contributed by atoms with Crippen LogP contribution >= 0.6 is 0 Å². The number of hydrogen-bond acceptors (Lipinski definition) is 7. The topological polar surface area (TPSA) is 145 Å². The SMILES string of the molecule is CC(C)(C#N)n1nc(C(=O)N[C@H]2CC3(C2)C[C@H](Oc2ncccc2C(N)=O)C3)c2ccc(OCCC(F)(F)F)cc21. The molecular weight excluding hydrogens is 541 g/mol. The zero-order valence-electron chi connectivity index (χ0n) is 22.5. The van der Waals surface area contributed by atoms with Crippen molar-refractivity contribution < 1.29 is 32.2 Å². The standard InChI is InChI=1S/C28H29F3N6O4/c1-26(2,15-32)37-21-10-17(40-9-7-28(29,30)31)5-6-19(21)22(36-37)24(39)35-16-11-27(12-16)13-18(14-27)41-25-20(23(33)38)4-3-8-34-25/h3-6,8,10,16,18H,7,9,11-14H2,1-2H3,(H2,33,38)(H,35,39)/t16-,18-,27?. The first-order valence-electron chi connectivity index (χ1n) is 13.2. The Kier molecular flexibility index (Phi) is 7.05. The van der Waals surface area contributed by atoms with Gasteiger partial charge in [0, 0.05) is 23.7 Å². The third-order valence-corrected chi connectivity index (χ3v) is 7.66. The Balaban J connectivity index is 1.23. The molecule has 3 N–H and O–H groups in total. The Morgan fingerprint density at radius 1 is 1.22 bits per heavy atom. The van der Waals surface area contributed by atoms with Crippen molar-refractivity contribution in [3.05, 3.63) is 47.8 Å². The number of halogens is 3. The zero-order chi connectivity index (χ0) is 29.6. The van der Waals surface area contributed by atoms with Gasteiger partial charge in [0.2, 0.25) is 5.88 Å². The summed E-state index contributed by atoms with van der Waals surface area (Å²) in [5.74, 6) is -0.604. The summed E-state index contributed by atoms with van der Waals surface area (Å²) in [5.41, 5.74) is 5.06. The van der Waals surface area contributed by atoms with E-state index in [9.17, 15) is 28.0 Å². The Labute approximate surface area is 233 Å². The molecule has 216 valence electrons. The Bertz CT molecular complexity index is 1530. The molecule has 3 aromatic rings. The first-order chi connectivity index (χ1) is 19.3. The molecule has 2 fully saturated rings. The van der Waals surface area contributed by atoms with Crippen LogP contribution in [0.4, 0.5) is 13.2 Å². The number of nitrogens with zero attached hydrogens (tertiary/aromatic N) is 4. The smallest absolute Gasteiger partial charge is 0.392 e. The van der Waals surface area contributed by atoms with Crippen LogP contribution in [0.25, 0.3) is 10.9 Å². The molecule has 0 aliphatic heterocycles. The predicted molar refractivity (Wildman–Crippen MR) is 140 cm³/mol. The molecule has 13 heteroatoms. The van der Waals surface area contributed by atoms with Crippen molar-refractivity contribution in [2.24, 2.45) is 11.1 Å². The second-order valence-electron chi connectivity index (χ2n) is 11.3. The monoisotopic (exact) mass is 570 g/mol. The second kappa shape index (κ2) is 10.2. The van der Waals surface area contributed by atoms with E-state index in [-0.39, 0.29) is 40.4 Å². The minimum Gasteiger partial charge on any atom is -0.493 e. The van der Waals surface area contributed by atoms with Gasteiger partial charge in [-0.25, -0.2) is 9.67 Å². The van der Waals surface area contributed by atoms with E-state index < -0.39 is 36.6 Å². The number of pyridine rings is 1. The van der Waals surface area contributed by atoms with Crippen LogP contribution in [0.3, 0.4) is 0 Å². The number of rotatable bonds is 9. The lowest BCUT2D eigenvalue weighted by atomic mass is 9.53. The van der Waals surface area contributed by atoms with Gasteiger partial charge in [-0.2, -0.15) is 23.5 Å². The zero-order valence-corrected chi connectivity index (χ0v) is 22.5. The van der Waals surface area contributed by atoms with Crippen LogP contribution in [0.15, 0.2) is 36.5 Å². The molecule has 2 saturated carbocycles. The fourth-order valence-electron chi connectivity index (χ4n) is 5.60. The number of benzene rings is 1. The number of alkyl halides is 3. The fraction of sp³-hybridized carbons (Fsp3) is 0.464. The lowest BCUT2D eigenvalue weighted by molar-refractivity contribution is -0.139. The third kappa shape index (κ3) is 5.77. The summed E-state index contributed by atoms with van der Waals surface area (Å²) < 4.78 is 50.2. The van der Waals surface area contributed by atoms with E-state index >= 15 is 0 Å². The van der Waals surface area contributed by atoms with Crippen molar-refractivity contribution in [3.63, 3.8) is 0 Å². The number of carbonyl (C=O) groups is 2.